The summed E-state index contributed by atoms with van der Waals surface area (Å²) < 4.78 is 0. The Morgan fingerprint density at radius 2 is 0.765 bits per heavy atom. The fourth-order valence-electron chi connectivity index (χ4n) is 14.7. The average Bonchev–Trinajstić information content (AvgIpc) is 1.69. The molecular weight excluding hydrogens is 1560 g/mol. The molecule has 2 aromatic heterocycles. The van der Waals surface area contributed by atoms with Crippen LogP contribution in [-0.2, 0) is 25.7 Å². The van der Waals surface area contributed by atoms with Crippen molar-refractivity contribution in [1.82, 2.24) is 39.8 Å². The topological polar surface area (TPSA) is 328 Å². The van der Waals surface area contributed by atoms with E-state index in [0.717, 1.165) is 117 Å². The Kier molecular flexibility index (Phi) is 34.5. The first kappa shape index (κ1) is 93.3. The number of anilines is 4. The third kappa shape index (κ3) is 23.0. The molecule has 4 saturated heterocycles. The molecular formula is C90H98ClLiN12O13S2. The second-order valence-electron chi connectivity index (χ2n) is 28.4. The number of carbonyl (C=O) groups excluding carboxylic acids is 9. The summed E-state index contributed by atoms with van der Waals surface area (Å²) in [4.78, 5) is 143. The van der Waals surface area contributed by atoms with Crippen LogP contribution in [0, 0.1) is 0 Å². The van der Waals surface area contributed by atoms with E-state index in [4.69, 9.17) is 16.7 Å². The van der Waals surface area contributed by atoms with Gasteiger partial charge in [-0.15, -0.1) is 22.7 Å². The zero-order chi connectivity index (χ0) is 79.8. The summed E-state index contributed by atoms with van der Waals surface area (Å²) in [7, 11) is 0. The van der Waals surface area contributed by atoms with E-state index in [0.29, 0.717) is 108 Å². The van der Waals surface area contributed by atoms with Gasteiger partial charge in [0, 0.05) is 202 Å². The van der Waals surface area contributed by atoms with Gasteiger partial charge >= 0.3 is 24.8 Å². The van der Waals surface area contributed by atoms with E-state index in [9.17, 15) is 47.9 Å². The summed E-state index contributed by atoms with van der Waals surface area (Å²) in [5.41, 5.74) is 13.1. The molecule has 616 valence electrons. The molecule has 6 amide bonds. The van der Waals surface area contributed by atoms with Gasteiger partial charge in [-0.1, -0.05) is 99.8 Å². The molecule has 0 atom stereocenters. The van der Waals surface area contributed by atoms with Gasteiger partial charge in [-0.05, 0) is 183 Å². The van der Waals surface area contributed by atoms with Crippen LogP contribution in [0.15, 0.2) is 217 Å². The van der Waals surface area contributed by atoms with Crippen LogP contribution in [0.1, 0.15) is 153 Å². The summed E-state index contributed by atoms with van der Waals surface area (Å²) in [6, 6.07) is 59.4. The number of aromatic nitrogens is 2. The molecule has 4 fully saturated rings. The molecule has 8 aliphatic rings. The van der Waals surface area contributed by atoms with Crippen LogP contribution in [0.25, 0.3) is 0 Å². The summed E-state index contributed by atoms with van der Waals surface area (Å²) in [6.07, 6.45) is 6.63. The molecule has 0 spiro atoms. The van der Waals surface area contributed by atoms with Crippen molar-refractivity contribution in [3.05, 3.63) is 294 Å². The number of thiazole rings is 2. The van der Waals surface area contributed by atoms with Gasteiger partial charge < -0.3 is 56.1 Å². The van der Waals surface area contributed by atoms with Crippen LogP contribution >= 0.6 is 34.3 Å². The number of carbonyl (C=O) groups is 10. The van der Waals surface area contributed by atoms with Crippen molar-refractivity contribution in [1.29, 1.82) is 0 Å². The van der Waals surface area contributed by atoms with Gasteiger partial charge in [0.05, 0.1) is 5.56 Å². The van der Waals surface area contributed by atoms with Gasteiger partial charge in [0.2, 0.25) is 0 Å². The first-order chi connectivity index (χ1) is 55.3. The minimum Gasteiger partial charge on any atom is -0.870 e. The predicted molar refractivity (Wildman–Crippen MR) is 462 cm³/mol. The summed E-state index contributed by atoms with van der Waals surface area (Å²) in [5.74, 6) is -0.646. The number of benzene rings is 8. The van der Waals surface area contributed by atoms with E-state index in [1.807, 2.05) is 159 Å². The molecule has 6 N–H and O–H groups in total. The number of likely N-dealkylation sites (tertiary alicyclic amines) is 1. The predicted octanol–water partition coefficient (Wildman–Crippen LogP) is 9.38. The van der Waals surface area contributed by atoms with E-state index < -0.39 is 11.2 Å². The van der Waals surface area contributed by atoms with Crippen molar-refractivity contribution in [3.63, 3.8) is 0 Å². The van der Waals surface area contributed by atoms with Crippen molar-refractivity contribution < 1.29 is 82.9 Å². The number of aromatic carboxylic acids is 1. The molecule has 0 radical (unpaired) electrons. The molecule has 0 saturated carbocycles. The second-order valence-corrected chi connectivity index (χ2v) is 30.5. The Balaban J connectivity index is 0.000000186. The minimum absolute atomic E-state index is 0. The molecule has 10 heterocycles. The van der Waals surface area contributed by atoms with E-state index in [-0.39, 0.29) is 97.2 Å². The van der Waals surface area contributed by atoms with Gasteiger partial charge in [-0.25, -0.2) is 14.8 Å². The fraction of sp³-hybridized carbons (Fsp3) is 0.289. The molecule has 8 aliphatic heterocycles. The third-order valence-electron chi connectivity index (χ3n) is 21.2. The Hall–Kier alpha value is -11.2. The Morgan fingerprint density at radius 3 is 1.13 bits per heavy atom. The maximum absolute atomic E-state index is 13.1. The monoisotopic (exact) mass is 1660 g/mol. The number of piperazine rings is 2. The van der Waals surface area contributed by atoms with Gasteiger partial charge in [0.1, 0.15) is 0 Å². The number of hydrogen-bond donors (Lipinski definition) is 3. The Bertz CT molecular complexity index is 5010. The summed E-state index contributed by atoms with van der Waals surface area (Å²) >= 11 is 7.96. The number of nitrogens with zero attached hydrogens (tertiary/aromatic N) is 10. The molecule has 10 aromatic rings. The maximum Gasteiger partial charge on any atom is 1.00 e. The standard InChI is InChI=1S/C27H27N5O3S.C17H15NO2.C16H13NO3.C11H16N4OS.C10H11NO.C7H5ClO.2CH4.Li.2H2O/c33-25(21-6-7-23-20(16-21)8-10-32(23)26(34)19-4-2-1-3-5-19)31-17-22(18-31)29-11-13-30(14-12-29)27(35)24-28-9-15-36-24;1-12(19)14-7-8-16-15(11-14)9-10-18(16)17(20)13-5-3-2-4-6-13;18-15(11-4-2-1-3-5-11)17-9-8-12-10-13(16(19)20)6-7-14(12)17;16-11(10-13-1-6-17-10)15-4-2-14(3-5-15)9-7-12-8-9;1-7(12)8-2-3-10-9(6-8)4-5-11-10;8-7(9)6-4-2-1-3-5-6;;;;;/h1-7,9,15-16,22H,8,10-14,17-18H2;2-8,11H,9-10H2,1H3;1-7,10H,8-9H2,(H,19,20);1,6,9,12H,2-5,7-8H2;2-3,6,11H,4-5H2,1H3;1-5H;2*1H4;;2*1H2/q;;;;;;;;+1;;/p-1. The van der Waals surface area contributed by atoms with E-state index in [1.165, 1.54) is 40.0 Å². The molecule has 18 rings (SSSR count). The normalized spacial score (nSPS) is 15.2. The second kappa shape index (κ2) is 44.0. The number of carboxylic acid groups (broad SMARTS) is 1. The van der Waals surface area contributed by atoms with Crippen molar-refractivity contribution >= 4 is 115 Å². The van der Waals surface area contributed by atoms with Crippen LogP contribution in [0.3, 0.4) is 0 Å². The molecule has 119 heavy (non-hydrogen) atoms. The van der Waals surface area contributed by atoms with Crippen LogP contribution in [0.5, 0.6) is 0 Å². The molecule has 8 aromatic carbocycles. The maximum atomic E-state index is 13.1. The van der Waals surface area contributed by atoms with Crippen LogP contribution in [-0.4, -0.2) is 226 Å². The van der Waals surface area contributed by atoms with Crippen molar-refractivity contribution in [2.24, 2.45) is 0 Å². The fourth-order valence-corrected chi connectivity index (χ4v) is 16.0. The number of halogens is 1. The van der Waals surface area contributed by atoms with Crippen molar-refractivity contribution in [2.45, 2.75) is 66.5 Å². The minimum atomic E-state index is -0.944. The SMILES string of the molecule is C.C.CC(=O)c1ccc2c(c1)CCN2.CC(=O)c1ccc2c(c1)CCN2C(=O)c1ccccc1.O.O=C(Cl)c1ccccc1.O=C(O)c1ccc2c(c1)CCN2C(=O)c1ccccc1.O=C(c1ccc2c(c1)CCN2C(=O)c1ccccc1)N1CC(N2CCN(C(=O)c3nccs3)CC2)C1.O=C(c1nccs1)N1CCN(C2CNC2)CC1.[Li+].[OH-]. The number of Topliss-reactive ketones (excluding diaryl/α,β-unsaturated/α-hetero) is 2. The first-order valence-electron chi connectivity index (χ1n) is 38.1. The van der Waals surface area contributed by atoms with Gasteiger partial charge in [-0.2, -0.15) is 0 Å². The van der Waals surface area contributed by atoms with Crippen LogP contribution in [0.2, 0.25) is 0 Å². The largest absolute Gasteiger partial charge is 1.00 e. The number of carboxylic acids is 1. The molecule has 0 aliphatic carbocycles. The van der Waals surface area contributed by atoms with Crippen LogP contribution in [0.4, 0.5) is 22.7 Å². The quantitative estimate of drug-likeness (QED) is 0.0582. The average molecular weight is 1660 g/mol. The van der Waals surface area contributed by atoms with Gasteiger partial charge in [0.25, 0.3) is 40.7 Å². The number of hydrogen-bond acceptors (Lipinski definition) is 19. The van der Waals surface area contributed by atoms with Crippen molar-refractivity contribution in [3.8, 4) is 0 Å². The van der Waals surface area contributed by atoms with E-state index >= 15 is 0 Å². The first-order valence-corrected chi connectivity index (χ1v) is 40.2. The number of rotatable bonds is 12. The number of amides is 6. The zero-order valence-corrected chi connectivity index (χ0v) is 67.6. The molecule has 25 nitrogen and oxygen atoms in total. The zero-order valence-electron chi connectivity index (χ0n) is 65.2. The third-order valence-corrected chi connectivity index (χ3v) is 23.0. The summed E-state index contributed by atoms with van der Waals surface area (Å²) in [6.45, 7) is 16.3. The van der Waals surface area contributed by atoms with Gasteiger partial charge in [0.15, 0.2) is 21.6 Å². The van der Waals surface area contributed by atoms with E-state index in [1.54, 1.807) is 95.5 Å². The molecule has 0 bridgehead atoms. The Labute approximate surface area is 718 Å². The van der Waals surface area contributed by atoms with Crippen molar-refractivity contribution in [2.75, 3.05) is 125 Å². The Morgan fingerprint density at radius 1 is 0.403 bits per heavy atom. The number of fused-ring (bicyclic) bond motifs is 4. The number of nitrogens with one attached hydrogen (secondary N) is 2. The molecule has 0 unspecified atom stereocenters. The van der Waals surface area contributed by atoms with E-state index in [2.05, 4.69) is 30.4 Å². The molecule has 29 heteroatoms. The smallest absolute Gasteiger partial charge is 0.870 e. The number of ketones is 2. The van der Waals surface area contributed by atoms with Gasteiger partial charge in [-0.3, -0.25) is 53.0 Å². The summed E-state index contributed by atoms with van der Waals surface area (Å²) in [5, 5.41) is 20.0. The van der Waals surface area contributed by atoms with Crippen LogP contribution < -0.4 is 44.2 Å².